The summed E-state index contributed by atoms with van der Waals surface area (Å²) in [6, 6.07) is -1.36. The van der Waals surface area contributed by atoms with Crippen molar-refractivity contribution in [3.63, 3.8) is 0 Å². The molecule has 70 valence electrons. The molecule has 7 nitrogen and oxygen atoms in total. The molecule has 3 N–H and O–H groups in total. The molecule has 0 aromatic carbocycles. The summed E-state index contributed by atoms with van der Waals surface area (Å²) in [6.07, 6.45) is -1.47. The van der Waals surface area contributed by atoms with Gasteiger partial charge in [-0.3, -0.25) is 9.36 Å². The Morgan fingerprint density at radius 2 is 2.00 bits per heavy atom. The standard InChI is InChI=1S/C4H8NO6P/c6-4(7)1-3(5-8)2-12(9,10)11/h3H,1-2H2,(H,6,7)(H2,9,10,11). The summed E-state index contributed by atoms with van der Waals surface area (Å²) in [5, 5.41) is 10.5. The molecule has 12 heavy (non-hydrogen) atoms. The van der Waals surface area contributed by atoms with E-state index in [-0.39, 0.29) is 0 Å². The van der Waals surface area contributed by atoms with E-state index in [4.69, 9.17) is 14.9 Å². The van der Waals surface area contributed by atoms with Gasteiger partial charge >= 0.3 is 13.6 Å². The maximum atomic E-state index is 10.3. The van der Waals surface area contributed by atoms with Gasteiger partial charge < -0.3 is 14.9 Å². The molecular formula is C4H8NO6P. The van der Waals surface area contributed by atoms with E-state index in [2.05, 4.69) is 5.18 Å². The first-order valence-electron chi connectivity index (χ1n) is 2.94. The van der Waals surface area contributed by atoms with Crippen molar-refractivity contribution in [3.05, 3.63) is 4.91 Å². The van der Waals surface area contributed by atoms with E-state index in [1.807, 2.05) is 0 Å². The highest BCUT2D eigenvalue weighted by Gasteiger charge is 2.24. The molecule has 0 aliphatic carbocycles. The second-order valence-corrected chi connectivity index (χ2v) is 3.90. The van der Waals surface area contributed by atoms with Gasteiger partial charge in [0.2, 0.25) is 0 Å². The van der Waals surface area contributed by atoms with Crippen molar-refractivity contribution in [3.8, 4) is 0 Å². The fourth-order valence-electron chi connectivity index (χ4n) is 0.611. The number of aliphatic carboxylic acids is 1. The van der Waals surface area contributed by atoms with E-state index < -0.39 is 32.2 Å². The predicted molar refractivity (Wildman–Crippen MR) is 38.7 cm³/mol. The lowest BCUT2D eigenvalue weighted by molar-refractivity contribution is -0.137. The van der Waals surface area contributed by atoms with Crippen molar-refractivity contribution >= 4 is 13.6 Å². The molecule has 0 aromatic heterocycles. The third-order valence-electron chi connectivity index (χ3n) is 1.01. The molecule has 0 heterocycles. The molecule has 1 atom stereocenters. The molecule has 0 aromatic rings. The zero-order valence-electron chi connectivity index (χ0n) is 5.95. The third kappa shape index (κ3) is 5.96. The van der Waals surface area contributed by atoms with Crippen LogP contribution in [0.1, 0.15) is 6.42 Å². The molecule has 0 aliphatic rings. The minimum Gasteiger partial charge on any atom is -0.481 e. The molecule has 0 spiro atoms. The average molecular weight is 197 g/mol. The van der Waals surface area contributed by atoms with Crippen LogP contribution in [0.15, 0.2) is 5.18 Å². The van der Waals surface area contributed by atoms with Gasteiger partial charge in [0, 0.05) is 0 Å². The van der Waals surface area contributed by atoms with Gasteiger partial charge in [0.05, 0.1) is 12.6 Å². The van der Waals surface area contributed by atoms with E-state index in [9.17, 15) is 14.3 Å². The number of carboxylic acid groups (broad SMARTS) is 1. The van der Waals surface area contributed by atoms with Gasteiger partial charge in [0.25, 0.3) is 0 Å². The van der Waals surface area contributed by atoms with Crippen LogP contribution in [-0.4, -0.2) is 33.1 Å². The maximum absolute atomic E-state index is 10.3. The van der Waals surface area contributed by atoms with Crippen LogP contribution in [0.3, 0.4) is 0 Å². The topological polar surface area (TPSA) is 124 Å². The lowest BCUT2D eigenvalue weighted by atomic mass is 10.2. The molecule has 0 rings (SSSR count). The number of carboxylic acids is 1. The highest BCUT2D eigenvalue weighted by Crippen LogP contribution is 2.36. The second-order valence-electron chi connectivity index (χ2n) is 2.20. The van der Waals surface area contributed by atoms with Gasteiger partial charge in [0.15, 0.2) is 0 Å². The highest BCUT2D eigenvalue weighted by atomic mass is 31.2. The molecular weight excluding hydrogens is 189 g/mol. The van der Waals surface area contributed by atoms with Crippen LogP contribution < -0.4 is 0 Å². The van der Waals surface area contributed by atoms with Gasteiger partial charge in [-0.1, -0.05) is 5.18 Å². The van der Waals surface area contributed by atoms with Gasteiger partial charge in [0.1, 0.15) is 6.04 Å². The summed E-state index contributed by atoms with van der Waals surface area (Å²) in [5.74, 6) is -1.31. The molecule has 0 radical (unpaired) electrons. The summed E-state index contributed by atoms with van der Waals surface area (Å²) in [5.41, 5.74) is 0. The first kappa shape index (κ1) is 11.2. The van der Waals surface area contributed by atoms with E-state index in [1.54, 1.807) is 0 Å². The Kier molecular flexibility index (Phi) is 4.02. The van der Waals surface area contributed by atoms with Crippen LogP contribution in [0.5, 0.6) is 0 Å². The summed E-state index contributed by atoms with van der Waals surface area (Å²) in [4.78, 5) is 36.6. The second kappa shape index (κ2) is 4.30. The van der Waals surface area contributed by atoms with Gasteiger partial charge in [-0.05, 0) is 0 Å². The minimum absolute atomic E-state index is 0.658. The van der Waals surface area contributed by atoms with Crippen molar-refractivity contribution in [1.82, 2.24) is 0 Å². The maximum Gasteiger partial charge on any atom is 0.327 e. The number of nitroso groups, excluding NO2 is 1. The number of nitrogens with zero attached hydrogens (tertiary/aromatic N) is 1. The van der Waals surface area contributed by atoms with Crippen LogP contribution in [0.2, 0.25) is 0 Å². The normalized spacial score (nSPS) is 13.8. The van der Waals surface area contributed by atoms with Crippen molar-refractivity contribution in [2.24, 2.45) is 5.18 Å². The van der Waals surface area contributed by atoms with Gasteiger partial charge in [-0.25, -0.2) is 0 Å². The Morgan fingerprint density at radius 1 is 1.50 bits per heavy atom. The monoisotopic (exact) mass is 197 g/mol. The molecule has 0 fully saturated rings. The number of rotatable bonds is 5. The molecule has 0 saturated heterocycles. The van der Waals surface area contributed by atoms with Crippen LogP contribution >= 0.6 is 7.60 Å². The number of carbonyl (C=O) groups is 1. The summed E-state index contributed by atoms with van der Waals surface area (Å²) < 4.78 is 10.3. The third-order valence-corrected chi connectivity index (χ3v) is 1.91. The fraction of sp³-hybridized carbons (Fsp3) is 0.750. The Hall–Kier alpha value is -0.780. The van der Waals surface area contributed by atoms with Gasteiger partial charge in [-0.15, -0.1) is 0 Å². The summed E-state index contributed by atoms with van der Waals surface area (Å²) in [6.45, 7) is 0. The van der Waals surface area contributed by atoms with E-state index in [0.29, 0.717) is 0 Å². The Bertz CT molecular complexity index is 222. The SMILES string of the molecule is O=NC(CC(=O)O)CP(=O)(O)O. The van der Waals surface area contributed by atoms with E-state index in [0.717, 1.165) is 0 Å². The zero-order valence-corrected chi connectivity index (χ0v) is 6.85. The number of hydrogen-bond donors (Lipinski definition) is 3. The fourth-order valence-corrected chi connectivity index (χ4v) is 1.36. The van der Waals surface area contributed by atoms with Gasteiger partial charge in [-0.2, -0.15) is 4.91 Å². The largest absolute Gasteiger partial charge is 0.481 e. The first-order valence-corrected chi connectivity index (χ1v) is 4.73. The molecule has 0 amide bonds. The molecule has 8 heteroatoms. The van der Waals surface area contributed by atoms with Crippen LogP contribution in [-0.2, 0) is 9.36 Å². The Labute approximate surface area is 67.5 Å². The van der Waals surface area contributed by atoms with E-state index >= 15 is 0 Å². The quantitative estimate of drug-likeness (QED) is 0.413. The molecule has 0 aliphatic heterocycles. The first-order chi connectivity index (χ1) is 5.35. The lowest BCUT2D eigenvalue weighted by Crippen LogP contribution is -2.15. The Balaban J connectivity index is 4.10. The summed E-state index contributed by atoms with van der Waals surface area (Å²) in [7, 11) is -4.35. The van der Waals surface area contributed by atoms with Crippen molar-refractivity contribution < 1.29 is 24.3 Å². The lowest BCUT2D eigenvalue weighted by Gasteiger charge is -2.06. The highest BCUT2D eigenvalue weighted by molar-refractivity contribution is 7.51. The van der Waals surface area contributed by atoms with Crippen LogP contribution in [0.4, 0.5) is 0 Å². The summed E-state index contributed by atoms with van der Waals surface area (Å²) >= 11 is 0. The predicted octanol–water partition coefficient (Wildman–Crippen LogP) is -0.226. The molecule has 1 unspecified atom stereocenters. The average Bonchev–Trinajstić information content (AvgIpc) is 1.82. The van der Waals surface area contributed by atoms with Crippen molar-refractivity contribution in [2.75, 3.05) is 6.16 Å². The molecule has 0 saturated carbocycles. The zero-order chi connectivity index (χ0) is 9.78. The van der Waals surface area contributed by atoms with Crippen LogP contribution in [0, 0.1) is 4.91 Å². The van der Waals surface area contributed by atoms with Crippen LogP contribution in [0.25, 0.3) is 0 Å². The van der Waals surface area contributed by atoms with Crippen molar-refractivity contribution in [1.29, 1.82) is 0 Å². The number of hydrogen-bond acceptors (Lipinski definition) is 4. The van der Waals surface area contributed by atoms with Crippen molar-refractivity contribution in [2.45, 2.75) is 12.5 Å². The van der Waals surface area contributed by atoms with E-state index in [1.165, 1.54) is 0 Å². The Morgan fingerprint density at radius 3 is 2.25 bits per heavy atom. The minimum atomic E-state index is -4.35. The smallest absolute Gasteiger partial charge is 0.327 e. The molecule has 0 bridgehead atoms.